The van der Waals surface area contributed by atoms with Crippen molar-refractivity contribution in [2.24, 2.45) is 4.99 Å². The fourth-order valence-corrected chi connectivity index (χ4v) is 2.49. The molecule has 1 fully saturated rings. The molecule has 0 aromatic heterocycles. The van der Waals surface area contributed by atoms with Gasteiger partial charge >= 0.3 is 0 Å². The molecule has 1 saturated heterocycles. The number of hydrogen-bond donors (Lipinski definition) is 0. The van der Waals surface area contributed by atoms with Crippen LogP contribution in [-0.4, -0.2) is 23.8 Å². The number of halogens is 3. The summed E-state index contributed by atoms with van der Waals surface area (Å²) in [5.41, 5.74) is 2.18. The van der Waals surface area contributed by atoms with Crippen molar-refractivity contribution in [2.45, 2.75) is 12.8 Å². The van der Waals surface area contributed by atoms with Crippen molar-refractivity contribution in [3.8, 4) is 0 Å². The Morgan fingerprint density at radius 2 is 2.00 bits per heavy atom. The van der Waals surface area contributed by atoms with Crippen LogP contribution in [0.15, 0.2) is 34.8 Å². The zero-order chi connectivity index (χ0) is 13.0. The van der Waals surface area contributed by atoms with Gasteiger partial charge in [-0.05, 0) is 18.6 Å². The van der Waals surface area contributed by atoms with Crippen LogP contribution < -0.4 is 0 Å². The highest BCUT2D eigenvalue weighted by Gasteiger charge is 2.18. The summed E-state index contributed by atoms with van der Waals surface area (Å²) in [4.78, 5) is 6.77. The Morgan fingerprint density at radius 3 is 2.67 bits per heavy atom. The lowest BCUT2D eigenvalue weighted by atomic mass is 10.3. The van der Waals surface area contributed by atoms with Gasteiger partial charge in [-0.3, -0.25) is 0 Å². The summed E-state index contributed by atoms with van der Waals surface area (Å²) >= 11 is 17.8. The Labute approximate surface area is 122 Å². The fraction of sp³-hybridized carbons (Fsp3) is 0.308. The quantitative estimate of drug-likeness (QED) is 0.777. The van der Waals surface area contributed by atoms with Gasteiger partial charge in [-0.15, -0.1) is 0 Å². The summed E-state index contributed by atoms with van der Waals surface area (Å²) < 4.78 is 0. The van der Waals surface area contributed by atoms with Crippen molar-refractivity contribution in [1.82, 2.24) is 4.90 Å². The van der Waals surface area contributed by atoms with Crippen LogP contribution in [0, 0.1) is 0 Å². The fourth-order valence-electron chi connectivity index (χ4n) is 1.93. The lowest BCUT2D eigenvalue weighted by Gasteiger charge is -2.16. The molecule has 0 bridgehead atoms. The van der Waals surface area contributed by atoms with Crippen LogP contribution in [0.3, 0.4) is 0 Å². The van der Waals surface area contributed by atoms with E-state index in [9.17, 15) is 0 Å². The van der Waals surface area contributed by atoms with Crippen LogP contribution in [0.2, 0.25) is 10.0 Å². The molecule has 0 atom stereocenters. The van der Waals surface area contributed by atoms with Gasteiger partial charge in [0, 0.05) is 25.0 Å². The number of rotatable bonds is 3. The minimum atomic E-state index is 0.578. The molecular weight excluding hydrogens is 291 g/mol. The molecule has 96 valence electrons. The Bertz CT molecular complexity index is 463. The highest BCUT2D eigenvalue weighted by molar-refractivity contribution is 6.38. The van der Waals surface area contributed by atoms with Crippen molar-refractivity contribution in [3.63, 3.8) is 0 Å². The van der Waals surface area contributed by atoms with Gasteiger partial charge in [-0.25, -0.2) is 4.99 Å². The van der Waals surface area contributed by atoms with Crippen molar-refractivity contribution in [3.05, 3.63) is 39.9 Å². The zero-order valence-electron chi connectivity index (χ0n) is 9.74. The van der Waals surface area contributed by atoms with Crippen LogP contribution in [0.1, 0.15) is 12.8 Å². The van der Waals surface area contributed by atoms with Crippen LogP contribution in [0.5, 0.6) is 0 Å². The van der Waals surface area contributed by atoms with E-state index in [4.69, 9.17) is 34.8 Å². The van der Waals surface area contributed by atoms with E-state index >= 15 is 0 Å². The molecule has 2 rings (SSSR count). The second-order valence-electron chi connectivity index (χ2n) is 4.01. The lowest BCUT2D eigenvalue weighted by Crippen LogP contribution is -2.24. The molecule has 0 amide bonds. The van der Waals surface area contributed by atoms with Gasteiger partial charge in [0.25, 0.3) is 0 Å². The first-order chi connectivity index (χ1) is 8.72. The molecule has 5 heteroatoms. The molecule has 1 aliphatic heterocycles. The Balaban J connectivity index is 2.26. The van der Waals surface area contributed by atoms with Gasteiger partial charge in [0.2, 0.25) is 0 Å². The zero-order valence-corrected chi connectivity index (χ0v) is 12.0. The number of aliphatic imine (C=N–C) groups is 1. The third-order valence-corrected chi connectivity index (χ3v) is 3.57. The molecule has 0 N–H and O–H groups in total. The number of hydrogen-bond acceptors (Lipinski definition) is 1. The summed E-state index contributed by atoms with van der Waals surface area (Å²) in [7, 11) is 0. The average molecular weight is 304 g/mol. The number of para-hydroxylation sites is 1. The second-order valence-corrected chi connectivity index (χ2v) is 5.08. The Hall–Kier alpha value is -0.700. The molecule has 0 radical (unpaired) electrons. The van der Waals surface area contributed by atoms with Crippen LogP contribution in [0.25, 0.3) is 0 Å². The lowest BCUT2D eigenvalue weighted by molar-refractivity contribution is 0.502. The molecule has 1 aromatic carbocycles. The van der Waals surface area contributed by atoms with Gasteiger partial charge in [0.1, 0.15) is 11.5 Å². The maximum atomic E-state index is 6.11. The number of nitrogens with zero attached hydrogens (tertiary/aromatic N) is 2. The van der Waals surface area contributed by atoms with Gasteiger partial charge in [0.15, 0.2) is 0 Å². The molecular formula is C13H13Cl3N2. The van der Waals surface area contributed by atoms with Crippen molar-refractivity contribution < 1.29 is 0 Å². The topological polar surface area (TPSA) is 15.6 Å². The average Bonchev–Trinajstić information content (AvgIpc) is 2.79. The first-order valence-corrected chi connectivity index (χ1v) is 6.93. The summed E-state index contributed by atoms with van der Waals surface area (Å²) in [6, 6.07) is 5.41. The number of benzene rings is 1. The predicted octanol–water partition coefficient (Wildman–Crippen LogP) is 4.87. The monoisotopic (exact) mass is 302 g/mol. The highest BCUT2D eigenvalue weighted by Crippen LogP contribution is 2.33. The van der Waals surface area contributed by atoms with E-state index < -0.39 is 0 Å². The number of likely N-dealkylation sites (tertiary alicyclic amines) is 1. The van der Waals surface area contributed by atoms with E-state index in [-0.39, 0.29) is 0 Å². The van der Waals surface area contributed by atoms with Crippen molar-refractivity contribution in [2.75, 3.05) is 13.1 Å². The van der Waals surface area contributed by atoms with E-state index in [2.05, 4.69) is 9.89 Å². The van der Waals surface area contributed by atoms with Crippen LogP contribution in [0.4, 0.5) is 5.69 Å². The van der Waals surface area contributed by atoms with Crippen molar-refractivity contribution in [1.29, 1.82) is 0 Å². The predicted molar refractivity (Wildman–Crippen MR) is 79.4 cm³/mol. The van der Waals surface area contributed by atoms with E-state index in [1.807, 2.05) is 12.1 Å². The largest absolute Gasteiger partial charge is 0.356 e. The van der Waals surface area contributed by atoms with E-state index in [0.717, 1.165) is 31.8 Å². The van der Waals surface area contributed by atoms with Gasteiger partial charge < -0.3 is 4.90 Å². The summed E-state index contributed by atoms with van der Waals surface area (Å²) in [6.07, 6.45) is 3.94. The van der Waals surface area contributed by atoms with Crippen LogP contribution in [-0.2, 0) is 0 Å². The molecule has 18 heavy (non-hydrogen) atoms. The summed E-state index contributed by atoms with van der Waals surface area (Å²) in [6.45, 7) is 1.76. The van der Waals surface area contributed by atoms with Crippen LogP contribution >= 0.6 is 34.8 Å². The molecule has 0 saturated carbocycles. The Kier molecular flexibility index (Phi) is 4.93. The minimum Gasteiger partial charge on any atom is -0.356 e. The maximum absolute atomic E-state index is 6.11. The molecule has 0 aliphatic carbocycles. The molecule has 0 spiro atoms. The second kappa shape index (κ2) is 6.46. The summed E-state index contributed by atoms with van der Waals surface area (Å²) in [5.74, 6) is 1.01. The third-order valence-electron chi connectivity index (χ3n) is 2.79. The van der Waals surface area contributed by atoms with Gasteiger partial charge in [0.05, 0.1) is 10.0 Å². The van der Waals surface area contributed by atoms with E-state index in [0.29, 0.717) is 15.7 Å². The first-order valence-electron chi connectivity index (χ1n) is 5.74. The molecule has 0 unspecified atom stereocenters. The third kappa shape index (κ3) is 3.19. The molecule has 2 nitrogen and oxygen atoms in total. The van der Waals surface area contributed by atoms with Gasteiger partial charge in [-0.1, -0.05) is 46.9 Å². The normalized spacial score (nSPS) is 18.2. The van der Waals surface area contributed by atoms with Crippen molar-refractivity contribution >= 4 is 46.3 Å². The number of amidine groups is 1. The first kappa shape index (κ1) is 13.7. The van der Waals surface area contributed by atoms with E-state index in [1.165, 1.54) is 5.54 Å². The molecule has 1 heterocycles. The van der Waals surface area contributed by atoms with Gasteiger partial charge in [-0.2, -0.15) is 0 Å². The van der Waals surface area contributed by atoms with E-state index in [1.54, 1.807) is 12.1 Å². The maximum Gasteiger partial charge on any atom is 0.105 e. The standard InChI is InChI=1S/C13H13Cl3N2/c14-7-3-9-18-8-2-6-12(18)17-13-10(15)4-1-5-11(13)16/h1,3-5,7H,2,6,8-9H2. The molecule has 1 aliphatic rings. The highest BCUT2D eigenvalue weighted by atomic mass is 35.5. The Morgan fingerprint density at radius 1 is 1.28 bits per heavy atom. The molecule has 1 aromatic rings. The smallest absolute Gasteiger partial charge is 0.105 e. The SMILES string of the molecule is ClC=CCN1CCCC1=Nc1c(Cl)cccc1Cl. The minimum absolute atomic E-state index is 0.578. The summed E-state index contributed by atoms with van der Waals surface area (Å²) in [5, 5.41) is 1.16.